The molecule has 1 aromatic heterocycles. The number of hydrogen-bond donors (Lipinski definition) is 2. The number of nitrogens with zero attached hydrogens (tertiary/aromatic N) is 4. The highest BCUT2D eigenvalue weighted by molar-refractivity contribution is 6.31. The SMILES string of the molecule is CC(C)(C)CN1C(=O)[C@H](CC(=O)NCc2nnn[nH]2)O[C@@H](c2ccccc2Cl)c2cc(Cl)ccc21. The summed E-state index contributed by atoms with van der Waals surface area (Å²) in [6, 6.07) is 12.6. The van der Waals surface area contributed by atoms with Gasteiger partial charge < -0.3 is 15.0 Å². The molecule has 0 unspecified atom stereocenters. The van der Waals surface area contributed by atoms with Gasteiger partial charge in [0, 0.05) is 33.4 Å². The molecule has 4 rings (SSSR count). The lowest BCUT2D eigenvalue weighted by Gasteiger charge is -2.31. The van der Waals surface area contributed by atoms with Crippen molar-refractivity contribution in [1.82, 2.24) is 25.9 Å². The lowest BCUT2D eigenvalue weighted by atomic mass is 9.94. The molecule has 184 valence electrons. The number of rotatable bonds is 6. The van der Waals surface area contributed by atoms with Gasteiger partial charge in [-0.2, -0.15) is 0 Å². The van der Waals surface area contributed by atoms with E-state index in [1.165, 1.54) is 0 Å². The lowest BCUT2D eigenvalue weighted by molar-refractivity contribution is -0.138. The first-order chi connectivity index (χ1) is 16.6. The number of halogens is 2. The van der Waals surface area contributed by atoms with E-state index in [0.717, 1.165) is 0 Å². The van der Waals surface area contributed by atoms with Crippen LogP contribution in [0.4, 0.5) is 5.69 Å². The number of benzene rings is 2. The molecule has 3 aromatic rings. The van der Waals surface area contributed by atoms with E-state index in [2.05, 4.69) is 25.9 Å². The van der Waals surface area contributed by atoms with Crippen molar-refractivity contribution in [2.45, 2.75) is 45.9 Å². The Labute approximate surface area is 213 Å². The molecule has 11 heteroatoms. The van der Waals surface area contributed by atoms with Crippen LogP contribution in [0.15, 0.2) is 42.5 Å². The van der Waals surface area contributed by atoms with Gasteiger partial charge >= 0.3 is 0 Å². The van der Waals surface area contributed by atoms with Gasteiger partial charge in [0.15, 0.2) is 5.82 Å². The van der Waals surface area contributed by atoms with Crippen molar-refractivity contribution in [3.8, 4) is 0 Å². The fourth-order valence-electron chi connectivity index (χ4n) is 3.95. The van der Waals surface area contributed by atoms with Gasteiger partial charge in [-0.1, -0.05) is 62.2 Å². The fourth-order valence-corrected chi connectivity index (χ4v) is 4.36. The number of carbonyl (C=O) groups is 2. The van der Waals surface area contributed by atoms with Crippen molar-refractivity contribution in [2.24, 2.45) is 5.41 Å². The molecule has 35 heavy (non-hydrogen) atoms. The summed E-state index contributed by atoms with van der Waals surface area (Å²) < 4.78 is 6.38. The molecule has 2 N–H and O–H groups in total. The molecule has 2 heterocycles. The number of anilines is 1. The summed E-state index contributed by atoms with van der Waals surface area (Å²) in [4.78, 5) is 28.3. The van der Waals surface area contributed by atoms with E-state index in [1.54, 1.807) is 23.1 Å². The molecule has 0 radical (unpaired) electrons. The Morgan fingerprint density at radius 3 is 2.63 bits per heavy atom. The second-order valence-electron chi connectivity index (χ2n) is 9.54. The largest absolute Gasteiger partial charge is 0.355 e. The minimum atomic E-state index is -1.06. The highest BCUT2D eigenvalue weighted by Gasteiger charge is 2.39. The number of aromatic amines is 1. The molecule has 1 aliphatic heterocycles. The van der Waals surface area contributed by atoms with Crippen molar-refractivity contribution in [2.75, 3.05) is 11.4 Å². The van der Waals surface area contributed by atoms with Gasteiger partial charge in [-0.15, -0.1) is 5.10 Å². The Morgan fingerprint density at radius 1 is 1.17 bits per heavy atom. The topological polar surface area (TPSA) is 113 Å². The average Bonchev–Trinajstić information content (AvgIpc) is 3.29. The minimum absolute atomic E-state index is 0.0994. The first kappa shape index (κ1) is 25.1. The standard InChI is InChI=1S/C24H26Cl2N6O3/c1-24(2,3)13-32-18-9-8-14(25)10-16(18)22(15-6-4-5-7-17(15)26)35-19(23(32)34)11-21(33)27-12-20-28-30-31-29-20/h4-10,19,22H,11-13H2,1-3H3,(H,27,33)(H,28,29,30,31)/t19-,22-/m0/s1. The van der Waals surface area contributed by atoms with Gasteiger partial charge in [0.1, 0.15) is 12.2 Å². The summed E-state index contributed by atoms with van der Waals surface area (Å²) in [7, 11) is 0. The zero-order chi connectivity index (χ0) is 25.2. The quantitative estimate of drug-likeness (QED) is 0.510. The molecule has 2 aromatic carbocycles. The van der Waals surface area contributed by atoms with Gasteiger partial charge in [-0.25, -0.2) is 5.10 Å². The van der Waals surface area contributed by atoms with Gasteiger partial charge in [0.05, 0.1) is 13.0 Å². The maximum atomic E-state index is 13.8. The van der Waals surface area contributed by atoms with Crippen LogP contribution in [0.25, 0.3) is 0 Å². The highest BCUT2D eigenvalue weighted by Crippen LogP contribution is 2.42. The van der Waals surface area contributed by atoms with E-state index in [9.17, 15) is 9.59 Å². The van der Waals surface area contributed by atoms with E-state index in [0.29, 0.717) is 39.2 Å². The van der Waals surface area contributed by atoms with Gasteiger partial charge in [-0.05, 0) is 40.1 Å². The van der Waals surface area contributed by atoms with Crippen LogP contribution in [-0.4, -0.2) is 45.1 Å². The molecule has 9 nitrogen and oxygen atoms in total. The van der Waals surface area contributed by atoms with Crippen LogP contribution in [-0.2, 0) is 20.9 Å². The number of fused-ring (bicyclic) bond motifs is 1. The summed E-state index contributed by atoms with van der Waals surface area (Å²) in [5, 5.41) is 17.0. The maximum absolute atomic E-state index is 13.8. The Balaban J connectivity index is 1.73. The monoisotopic (exact) mass is 516 g/mol. The van der Waals surface area contributed by atoms with Crippen molar-refractivity contribution in [3.63, 3.8) is 0 Å². The molecule has 0 bridgehead atoms. The number of aromatic nitrogens is 4. The maximum Gasteiger partial charge on any atom is 0.256 e. The summed E-state index contributed by atoms with van der Waals surface area (Å²) in [6.07, 6.45) is -1.95. The molecular formula is C24H26Cl2N6O3. The van der Waals surface area contributed by atoms with E-state index in [-0.39, 0.29) is 30.2 Å². The zero-order valence-corrected chi connectivity index (χ0v) is 21.1. The number of H-pyrrole nitrogens is 1. The summed E-state index contributed by atoms with van der Waals surface area (Å²) in [5.74, 6) is -0.288. The molecule has 0 aliphatic carbocycles. The van der Waals surface area contributed by atoms with Crippen molar-refractivity contribution in [3.05, 3.63) is 69.5 Å². The summed E-state index contributed by atoms with van der Waals surface area (Å²) in [5.41, 5.74) is 1.85. The predicted octanol–water partition coefficient (Wildman–Crippen LogP) is 4.08. The molecule has 2 atom stereocenters. The normalized spacial score (nSPS) is 18.2. The number of nitrogens with one attached hydrogen (secondary N) is 2. The van der Waals surface area contributed by atoms with Crippen LogP contribution in [0.5, 0.6) is 0 Å². The fraction of sp³-hybridized carbons (Fsp3) is 0.375. The predicted molar refractivity (Wildman–Crippen MR) is 132 cm³/mol. The molecular weight excluding hydrogens is 491 g/mol. The molecule has 1 aliphatic rings. The van der Waals surface area contributed by atoms with Gasteiger partial charge in [0.25, 0.3) is 5.91 Å². The van der Waals surface area contributed by atoms with Crippen LogP contribution in [0.3, 0.4) is 0 Å². The van der Waals surface area contributed by atoms with E-state index < -0.39 is 12.2 Å². The summed E-state index contributed by atoms with van der Waals surface area (Å²) in [6.45, 7) is 6.64. The average molecular weight is 517 g/mol. The number of amides is 2. The van der Waals surface area contributed by atoms with Gasteiger partial charge in [-0.3, -0.25) is 9.59 Å². The van der Waals surface area contributed by atoms with Crippen LogP contribution < -0.4 is 10.2 Å². The third kappa shape index (κ3) is 5.98. The van der Waals surface area contributed by atoms with Crippen molar-refractivity contribution >= 4 is 40.7 Å². The first-order valence-corrected chi connectivity index (χ1v) is 11.9. The third-order valence-electron chi connectivity index (χ3n) is 5.44. The number of ether oxygens (including phenoxy) is 1. The van der Waals surface area contributed by atoms with E-state index in [1.807, 2.05) is 45.0 Å². The third-order valence-corrected chi connectivity index (χ3v) is 6.02. The van der Waals surface area contributed by atoms with Crippen molar-refractivity contribution < 1.29 is 14.3 Å². The van der Waals surface area contributed by atoms with Crippen LogP contribution in [0, 0.1) is 5.41 Å². The van der Waals surface area contributed by atoms with Crippen LogP contribution in [0.1, 0.15) is 50.2 Å². The number of carbonyl (C=O) groups excluding carboxylic acids is 2. The molecule has 0 spiro atoms. The first-order valence-electron chi connectivity index (χ1n) is 11.1. The Morgan fingerprint density at radius 2 is 1.94 bits per heavy atom. The van der Waals surface area contributed by atoms with E-state index in [4.69, 9.17) is 27.9 Å². The van der Waals surface area contributed by atoms with E-state index >= 15 is 0 Å². The Hall–Kier alpha value is -3.01. The number of tetrazole rings is 1. The zero-order valence-electron chi connectivity index (χ0n) is 19.6. The van der Waals surface area contributed by atoms with Gasteiger partial charge in [0.2, 0.25) is 5.91 Å². The van der Waals surface area contributed by atoms with Crippen molar-refractivity contribution in [1.29, 1.82) is 0 Å². The second-order valence-corrected chi connectivity index (χ2v) is 10.4. The molecule has 2 amide bonds. The number of hydrogen-bond acceptors (Lipinski definition) is 6. The Bertz CT molecular complexity index is 1210. The second kappa shape index (κ2) is 10.3. The Kier molecular flexibility index (Phi) is 7.39. The minimum Gasteiger partial charge on any atom is -0.355 e. The smallest absolute Gasteiger partial charge is 0.256 e. The highest BCUT2D eigenvalue weighted by atomic mass is 35.5. The van der Waals surface area contributed by atoms with Crippen LogP contribution >= 0.6 is 23.2 Å². The molecule has 0 saturated heterocycles. The molecule has 0 fully saturated rings. The van der Waals surface area contributed by atoms with Crippen LogP contribution in [0.2, 0.25) is 10.0 Å². The summed E-state index contributed by atoms with van der Waals surface area (Å²) >= 11 is 12.9. The molecule has 0 saturated carbocycles. The lowest BCUT2D eigenvalue weighted by Crippen LogP contribution is -2.45.